The summed E-state index contributed by atoms with van der Waals surface area (Å²) in [6.45, 7) is 10.7. The van der Waals surface area contributed by atoms with Crippen LogP contribution in [0.4, 0.5) is 16.2 Å². The number of hydrogen-bond acceptors (Lipinski definition) is 7. The number of carbonyl (C=O) groups excluding carboxylic acids is 1. The van der Waals surface area contributed by atoms with E-state index in [1.807, 2.05) is 19.1 Å². The Labute approximate surface area is 255 Å². The van der Waals surface area contributed by atoms with Crippen LogP contribution in [0.25, 0.3) is 32.9 Å². The lowest BCUT2D eigenvalue weighted by Crippen LogP contribution is -2.48. The minimum absolute atomic E-state index is 0.0928. The van der Waals surface area contributed by atoms with Gasteiger partial charge in [0.1, 0.15) is 11.3 Å². The number of hydrogen-bond donors (Lipinski definition) is 2. The number of likely N-dealkylation sites (tertiary alicyclic amines) is 1. The van der Waals surface area contributed by atoms with Gasteiger partial charge in [-0.1, -0.05) is 24.2 Å². The molecule has 0 unspecified atom stereocenters. The molecule has 11 heteroatoms. The van der Waals surface area contributed by atoms with Crippen molar-refractivity contribution in [3.05, 3.63) is 53.5 Å². The van der Waals surface area contributed by atoms with Gasteiger partial charge in [-0.05, 0) is 75.4 Å². The van der Waals surface area contributed by atoms with Crippen molar-refractivity contribution in [2.24, 2.45) is 5.92 Å². The molecule has 0 spiro atoms. The Balaban J connectivity index is 1.26. The number of amides is 1. The summed E-state index contributed by atoms with van der Waals surface area (Å²) in [6.07, 6.45) is 7.97. The lowest BCUT2D eigenvalue weighted by Gasteiger charge is -2.35. The van der Waals surface area contributed by atoms with Crippen molar-refractivity contribution in [1.82, 2.24) is 30.0 Å². The standard InChI is InChI=1S/C32H36ClFN8O/c1-3-26(43)41-12-14-42(15-13-41)31-22-16-24(33)28(27-19(2)4-7-25-23(27)18-36-39-25)29(34)30(22)37-32(38-31)35-17-20-8-10-40(11-9-20)21-5-6-21/h3-4,7,16,18,20-21H,1,5-6,8-15,17H2,2H3,(H,36,39)(H,35,37,38). The highest BCUT2D eigenvalue weighted by atomic mass is 35.5. The molecule has 0 radical (unpaired) electrons. The third-order valence-electron chi connectivity index (χ3n) is 9.27. The first-order valence-corrected chi connectivity index (χ1v) is 15.6. The van der Waals surface area contributed by atoms with Crippen LogP contribution in [0.1, 0.15) is 31.2 Å². The summed E-state index contributed by atoms with van der Waals surface area (Å²) < 4.78 is 16.8. The molecule has 0 bridgehead atoms. The van der Waals surface area contributed by atoms with Crippen molar-refractivity contribution < 1.29 is 9.18 Å². The average Bonchev–Trinajstić information content (AvgIpc) is 3.77. The molecule has 224 valence electrons. The van der Waals surface area contributed by atoms with Crippen molar-refractivity contribution >= 4 is 51.1 Å². The molecule has 1 saturated carbocycles. The molecular formula is C32H36ClFN8O. The third-order valence-corrected chi connectivity index (χ3v) is 9.57. The van der Waals surface area contributed by atoms with Crippen LogP contribution in [0.2, 0.25) is 5.02 Å². The number of piperidine rings is 1. The van der Waals surface area contributed by atoms with Crippen molar-refractivity contribution in [2.75, 3.05) is 56.0 Å². The Morgan fingerprint density at radius 2 is 1.86 bits per heavy atom. The topological polar surface area (TPSA) is 93.3 Å². The molecule has 2 saturated heterocycles. The first-order chi connectivity index (χ1) is 20.9. The van der Waals surface area contributed by atoms with Crippen LogP contribution in [0.5, 0.6) is 0 Å². The maximum absolute atomic E-state index is 16.8. The fraction of sp³-hybridized carbons (Fsp3) is 0.438. The first kappa shape index (κ1) is 28.0. The van der Waals surface area contributed by atoms with E-state index in [9.17, 15) is 4.79 Å². The number of aryl methyl sites for hydroxylation is 1. The zero-order valence-electron chi connectivity index (χ0n) is 24.4. The molecule has 2 aromatic carbocycles. The highest BCUT2D eigenvalue weighted by Crippen LogP contribution is 2.42. The Morgan fingerprint density at radius 1 is 1.09 bits per heavy atom. The van der Waals surface area contributed by atoms with Gasteiger partial charge in [-0.3, -0.25) is 9.89 Å². The number of rotatable bonds is 7. The number of benzene rings is 2. The normalized spacial score (nSPS) is 18.5. The van der Waals surface area contributed by atoms with E-state index >= 15 is 4.39 Å². The fourth-order valence-electron chi connectivity index (χ4n) is 6.65. The number of nitrogens with zero attached hydrogens (tertiary/aromatic N) is 6. The van der Waals surface area contributed by atoms with Crippen LogP contribution in [-0.4, -0.2) is 87.7 Å². The molecule has 3 fully saturated rings. The maximum Gasteiger partial charge on any atom is 0.246 e. The summed E-state index contributed by atoms with van der Waals surface area (Å²) in [5.74, 6) is 0.960. The van der Waals surface area contributed by atoms with Gasteiger partial charge in [0.05, 0.1) is 16.7 Å². The second kappa shape index (κ2) is 11.4. The van der Waals surface area contributed by atoms with Crippen LogP contribution in [0.3, 0.4) is 0 Å². The van der Waals surface area contributed by atoms with E-state index in [2.05, 4.69) is 31.9 Å². The van der Waals surface area contributed by atoms with Crippen LogP contribution >= 0.6 is 11.6 Å². The molecule has 2 N–H and O–H groups in total. The maximum atomic E-state index is 16.8. The van der Waals surface area contributed by atoms with Gasteiger partial charge in [0, 0.05) is 60.7 Å². The molecule has 2 aliphatic heterocycles. The molecule has 4 heterocycles. The summed E-state index contributed by atoms with van der Waals surface area (Å²) in [7, 11) is 0. The van der Waals surface area contributed by atoms with E-state index in [0.717, 1.165) is 55.0 Å². The van der Waals surface area contributed by atoms with E-state index < -0.39 is 5.82 Å². The molecule has 4 aromatic rings. The lowest BCUT2D eigenvalue weighted by molar-refractivity contribution is -0.126. The smallest absolute Gasteiger partial charge is 0.246 e. The highest BCUT2D eigenvalue weighted by Gasteiger charge is 2.32. The molecule has 43 heavy (non-hydrogen) atoms. The zero-order chi connectivity index (χ0) is 29.7. The lowest BCUT2D eigenvalue weighted by atomic mass is 9.95. The number of nitrogens with one attached hydrogen (secondary N) is 2. The summed E-state index contributed by atoms with van der Waals surface area (Å²) >= 11 is 6.89. The molecule has 0 atom stereocenters. The highest BCUT2D eigenvalue weighted by molar-refractivity contribution is 6.35. The number of anilines is 2. The van der Waals surface area contributed by atoms with Gasteiger partial charge in [0.2, 0.25) is 11.9 Å². The number of piperazine rings is 1. The van der Waals surface area contributed by atoms with Crippen LogP contribution in [0, 0.1) is 18.7 Å². The van der Waals surface area contributed by atoms with E-state index in [1.54, 1.807) is 17.2 Å². The van der Waals surface area contributed by atoms with Crippen LogP contribution in [-0.2, 0) is 4.79 Å². The molecule has 3 aliphatic rings. The number of aromatic amines is 1. The third kappa shape index (κ3) is 5.31. The van der Waals surface area contributed by atoms with Gasteiger partial charge < -0.3 is 20.0 Å². The molecule has 1 aliphatic carbocycles. The molecular weight excluding hydrogens is 567 g/mol. The van der Waals surface area contributed by atoms with Crippen LogP contribution in [0.15, 0.2) is 37.1 Å². The quantitative estimate of drug-likeness (QED) is 0.274. The van der Waals surface area contributed by atoms with E-state index in [1.165, 1.54) is 18.9 Å². The van der Waals surface area contributed by atoms with E-state index in [4.69, 9.17) is 21.6 Å². The molecule has 9 nitrogen and oxygen atoms in total. The van der Waals surface area contributed by atoms with Crippen LogP contribution < -0.4 is 10.2 Å². The molecule has 1 amide bonds. The van der Waals surface area contributed by atoms with Crippen molar-refractivity contribution in [3.8, 4) is 11.1 Å². The zero-order valence-corrected chi connectivity index (χ0v) is 25.1. The number of aromatic nitrogens is 4. The Kier molecular flexibility index (Phi) is 7.43. The van der Waals surface area contributed by atoms with Gasteiger partial charge in [0.25, 0.3) is 0 Å². The van der Waals surface area contributed by atoms with Gasteiger partial charge in [0.15, 0.2) is 5.82 Å². The number of H-pyrrole nitrogens is 1. The van der Waals surface area contributed by atoms with Gasteiger partial charge in [-0.25, -0.2) is 9.37 Å². The number of fused-ring (bicyclic) bond motifs is 2. The van der Waals surface area contributed by atoms with Crippen molar-refractivity contribution in [1.29, 1.82) is 0 Å². The van der Waals surface area contributed by atoms with Gasteiger partial charge >= 0.3 is 0 Å². The predicted molar refractivity (Wildman–Crippen MR) is 169 cm³/mol. The molecule has 2 aromatic heterocycles. The summed E-state index contributed by atoms with van der Waals surface area (Å²) in [5.41, 5.74) is 2.93. The predicted octanol–water partition coefficient (Wildman–Crippen LogP) is 5.39. The van der Waals surface area contributed by atoms with Crippen molar-refractivity contribution in [2.45, 2.75) is 38.6 Å². The Bertz CT molecular complexity index is 1700. The van der Waals surface area contributed by atoms with Crippen molar-refractivity contribution in [3.63, 3.8) is 0 Å². The summed E-state index contributed by atoms with van der Waals surface area (Å²) in [4.78, 5) is 28.4. The number of carbonyl (C=O) groups is 1. The fourth-order valence-corrected chi connectivity index (χ4v) is 6.94. The summed E-state index contributed by atoms with van der Waals surface area (Å²) in [6, 6.07) is 6.44. The first-order valence-electron chi connectivity index (χ1n) is 15.2. The largest absolute Gasteiger partial charge is 0.354 e. The minimum Gasteiger partial charge on any atom is -0.354 e. The van der Waals surface area contributed by atoms with Gasteiger partial charge in [-0.2, -0.15) is 10.1 Å². The Hall–Kier alpha value is -3.76. The SMILES string of the molecule is C=CC(=O)N1CCN(c2nc(NCC3CCN(C4CC4)CC3)nc3c(F)c(-c4c(C)ccc5[nH]ncc45)c(Cl)cc23)CC1. The summed E-state index contributed by atoms with van der Waals surface area (Å²) in [5, 5.41) is 12.3. The van der Waals surface area contributed by atoms with E-state index in [-0.39, 0.29) is 16.4 Å². The average molecular weight is 603 g/mol. The molecule has 7 rings (SSSR count). The van der Waals surface area contributed by atoms with Gasteiger partial charge in [-0.15, -0.1) is 0 Å². The Morgan fingerprint density at radius 3 is 2.58 bits per heavy atom. The second-order valence-electron chi connectivity index (χ2n) is 12.0. The monoisotopic (exact) mass is 602 g/mol. The number of halogens is 2. The minimum atomic E-state index is -0.482. The van der Waals surface area contributed by atoms with E-state index in [0.29, 0.717) is 60.4 Å². The second-order valence-corrected chi connectivity index (χ2v) is 12.4.